The smallest absolute Gasteiger partial charge is 0.276 e. The molecule has 1 N–H and O–H groups in total. The highest BCUT2D eigenvalue weighted by atomic mass is 16.5. The van der Waals surface area contributed by atoms with Crippen LogP contribution in [-0.4, -0.2) is 25.0 Å². The van der Waals surface area contributed by atoms with Crippen molar-refractivity contribution in [1.82, 2.24) is 19.9 Å². The zero-order valence-electron chi connectivity index (χ0n) is 7.93. The van der Waals surface area contributed by atoms with Gasteiger partial charge in [-0.2, -0.15) is 10.1 Å². The van der Waals surface area contributed by atoms with Crippen LogP contribution in [0.5, 0.6) is 0 Å². The molecule has 0 saturated heterocycles. The molecule has 2 heterocycles. The van der Waals surface area contributed by atoms with Crippen LogP contribution in [0.4, 0.5) is 0 Å². The topological polar surface area (TPSA) is 77.0 Å². The third-order valence-corrected chi connectivity index (χ3v) is 1.83. The van der Waals surface area contributed by atoms with Crippen molar-refractivity contribution < 1.29 is 9.63 Å². The van der Waals surface area contributed by atoms with E-state index < -0.39 is 0 Å². The molecule has 0 saturated carbocycles. The van der Waals surface area contributed by atoms with Crippen LogP contribution < -0.4 is 0 Å². The molecule has 0 aliphatic carbocycles. The van der Waals surface area contributed by atoms with Gasteiger partial charge in [-0.25, -0.2) is 0 Å². The van der Waals surface area contributed by atoms with Crippen LogP contribution in [0.25, 0.3) is 11.6 Å². The van der Waals surface area contributed by atoms with Gasteiger partial charge in [-0.3, -0.25) is 4.68 Å². The van der Waals surface area contributed by atoms with Gasteiger partial charge in [0.05, 0.1) is 5.69 Å². The summed E-state index contributed by atoms with van der Waals surface area (Å²) in [7, 11) is 1.80. The van der Waals surface area contributed by atoms with Gasteiger partial charge in [0, 0.05) is 7.05 Å². The standard InChI is InChI=1S/C8H10N4O2/c1-5-3-6(12(2)10-5)8-9-7(4-13)11-14-8/h3,13H,4H2,1-2H3. The molecule has 0 aliphatic heterocycles. The summed E-state index contributed by atoms with van der Waals surface area (Å²) < 4.78 is 6.61. The van der Waals surface area contributed by atoms with Crippen LogP contribution in [0, 0.1) is 6.92 Å². The molecular formula is C8H10N4O2. The van der Waals surface area contributed by atoms with E-state index in [1.807, 2.05) is 13.0 Å². The molecule has 0 bridgehead atoms. The normalized spacial score (nSPS) is 10.8. The highest BCUT2D eigenvalue weighted by Crippen LogP contribution is 2.17. The van der Waals surface area contributed by atoms with Gasteiger partial charge in [-0.05, 0) is 13.0 Å². The lowest BCUT2D eigenvalue weighted by molar-refractivity contribution is 0.264. The molecular weight excluding hydrogens is 184 g/mol. The minimum atomic E-state index is -0.222. The Balaban J connectivity index is 2.43. The summed E-state index contributed by atoms with van der Waals surface area (Å²) in [6.45, 7) is 1.66. The lowest BCUT2D eigenvalue weighted by atomic mass is 10.4. The van der Waals surface area contributed by atoms with Crippen molar-refractivity contribution in [2.24, 2.45) is 7.05 Å². The summed E-state index contributed by atoms with van der Waals surface area (Å²) in [5.74, 6) is 0.649. The molecule has 14 heavy (non-hydrogen) atoms. The first kappa shape index (κ1) is 8.89. The van der Waals surface area contributed by atoms with Gasteiger partial charge in [-0.15, -0.1) is 0 Å². The zero-order valence-corrected chi connectivity index (χ0v) is 7.93. The van der Waals surface area contributed by atoms with Gasteiger partial charge < -0.3 is 9.63 Å². The molecule has 0 amide bonds. The molecule has 6 nitrogen and oxygen atoms in total. The minimum absolute atomic E-state index is 0.222. The SMILES string of the molecule is Cc1cc(-c2nc(CO)no2)n(C)n1. The van der Waals surface area contributed by atoms with Crippen molar-refractivity contribution in [3.8, 4) is 11.6 Å². The van der Waals surface area contributed by atoms with Gasteiger partial charge in [0.25, 0.3) is 5.89 Å². The average molecular weight is 194 g/mol. The summed E-state index contributed by atoms with van der Waals surface area (Å²) in [6, 6.07) is 1.84. The molecule has 0 radical (unpaired) electrons. The number of aryl methyl sites for hydroxylation is 2. The fourth-order valence-electron chi connectivity index (χ4n) is 1.23. The lowest BCUT2D eigenvalue weighted by Crippen LogP contribution is -1.94. The summed E-state index contributed by atoms with van der Waals surface area (Å²) in [5.41, 5.74) is 1.63. The van der Waals surface area contributed by atoms with Crippen molar-refractivity contribution in [2.75, 3.05) is 0 Å². The monoisotopic (exact) mass is 194 g/mol. The molecule has 0 unspecified atom stereocenters. The van der Waals surface area contributed by atoms with E-state index in [-0.39, 0.29) is 12.4 Å². The highest BCUT2D eigenvalue weighted by Gasteiger charge is 2.12. The van der Waals surface area contributed by atoms with E-state index in [2.05, 4.69) is 15.2 Å². The van der Waals surface area contributed by atoms with E-state index in [9.17, 15) is 0 Å². The van der Waals surface area contributed by atoms with E-state index in [4.69, 9.17) is 9.63 Å². The van der Waals surface area contributed by atoms with Gasteiger partial charge >= 0.3 is 0 Å². The summed E-state index contributed by atoms with van der Waals surface area (Å²) >= 11 is 0. The van der Waals surface area contributed by atoms with Crippen LogP contribution in [0.15, 0.2) is 10.6 Å². The van der Waals surface area contributed by atoms with Crippen LogP contribution in [0.3, 0.4) is 0 Å². The van der Waals surface area contributed by atoms with Crippen LogP contribution in [-0.2, 0) is 13.7 Å². The molecule has 0 fully saturated rings. The number of aliphatic hydroxyl groups excluding tert-OH is 1. The quantitative estimate of drug-likeness (QED) is 0.742. The number of aliphatic hydroxyl groups is 1. The molecule has 0 spiro atoms. The second-order valence-electron chi connectivity index (χ2n) is 2.97. The molecule has 74 valence electrons. The summed E-state index contributed by atoms with van der Waals surface area (Å²) in [6.07, 6.45) is 0. The van der Waals surface area contributed by atoms with E-state index in [0.29, 0.717) is 5.89 Å². The number of nitrogens with zero attached hydrogens (tertiary/aromatic N) is 4. The zero-order chi connectivity index (χ0) is 10.1. The first-order valence-electron chi connectivity index (χ1n) is 4.15. The molecule has 6 heteroatoms. The van der Waals surface area contributed by atoms with Crippen molar-refractivity contribution in [2.45, 2.75) is 13.5 Å². The van der Waals surface area contributed by atoms with E-state index in [0.717, 1.165) is 11.4 Å². The predicted molar refractivity (Wildman–Crippen MR) is 47.2 cm³/mol. The van der Waals surface area contributed by atoms with Gasteiger partial charge in [0.1, 0.15) is 12.3 Å². The van der Waals surface area contributed by atoms with Crippen molar-refractivity contribution in [3.63, 3.8) is 0 Å². The Hall–Kier alpha value is -1.69. The second-order valence-corrected chi connectivity index (χ2v) is 2.97. The molecule has 0 aromatic carbocycles. The Morgan fingerprint density at radius 2 is 2.36 bits per heavy atom. The molecule has 2 aromatic heterocycles. The number of hydrogen-bond acceptors (Lipinski definition) is 5. The number of aromatic nitrogens is 4. The highest BCUT2D eigenvalue weighted by molar-refractivity contribution is 5.47. The molecule has 0 atom stereocenters. The van der Waals surface area contributed by atoms with Crippen molar-refractivity contribution >= 4 is 0 Å². The van der Waals surface area contributed by atoms with Crippen molar-refractivity contribution in [3.05, 3.63) is 17.6 Å². The first-order valence-corrected chi connectivity index (χ1v) is 4.15. The van der Waals surface area contributed by atoms with E-state index in [1.54, 1.807) is 11.7 Å². The Morgan fingerprint density at radius 3 is 2.86 bits per heavy atom. The fraction of sp³-hybridized carbons (Fsp3) is 0.375. The Morgan fingerprint density at radius 1 is 1.57 bits per heavy atom. The summed E-state index contributed by atoms with van der Waals surface area (Å²) in [5, 5.41) is 16.5. The number of rotatable bonds is 2. The minimum Gasteiger partial charge on any atom is -0.388 e. The molecule has 2 rings (SSSR count). The van der Waals surface area contributed by atoms with E-state index >= 15 is 0 Å². The number of hydrogen-bond donors (Lipinski definition) is 1. The van der Waals surface area contributed by atoms with Crippen LogP contribution in [0.2, 0.25) is 0 Å². The summed E-state index contributed by atoms with van der Waals surface area (Å²) in [4.78, 5) is 3.98. The Bertz CT molecular complexity index is 446. The molecule has 2 aromatic rings. The lowest BCUT2D eigenvalue weighted by Gasteiger charge is -1.92. The molecule has 0 aliphatic rings. The van der Waals surface area contributed by atoms with Crippen LogP contribution in [0.1, 0.15) is 11.5 Å². The fourth-order valence-corrected chi connectivity index (χ4v) is 1.23. The first-order chi connectivity index (χ1) is 6.70. The Kier molecular flexibility index (Phi) is 2.05. The maximum atomic E-state index is 8.76. The Labute approximate surface area is 80.2 Å². The largest absolute Gasteiger partial charge is 0.388 e. The maximum absolute atomic E-state index is 8.76. The predicted octanol–water partition coefficient (Wildman–Crippen LogP) is 0.271. The second kappa shape index (κ2) is 3.22. The van der Waals surface area contributed by atoms with Gasteiger partial charge in [0.15, 0.2) is 5.82 Å². The van der Waals surface area contributed by atoms with Crippen molar-refractivity contribution in [1.29, 1.82) is 0 Å². The van der Waals surface area contributed by atoms with Gasteiger partial charge in [0.2, 0.25) is 0 Å². The van der Waals surface area contributed by atoms with E-state index in [1.165, 1.54) is 0 Å². The average Bonchev–Trinajstić information content (AvgIpc) is 2.71. The maximum Gasteiger partial charge on any atom is 0.276 e. The third kappa shape index (κ3) is 1.39. The third-order valence-electron chi connectivity index (χ3n) is 1.83. The van der Waals surface area contributed by atoms with Crippen LogP contribution >= 0.6 is 0 Å². The van der Waals surface area contributed by atoms with Gasteiger partial charge in [-0.1, -0.05) is 5.16 Å².